The molecule has 1 spiro atoms. The Balaban J connectivity index is 1.09. The highest BCUT2D eigenvalue weighted by molar-refractivity contribution is 6.31. The first kappa shape index (κ1) is 19.2. The molecule has 2 aliphatic carbocycles. The lowest BCUT2D eigenvalue weighted by molar-refractivity contribution is 0.197. The van der Waals surface area contributed by atoms with E-state index in [9.17, 15) is 0 Å². The Bertz CT molecular complexity index is 1150. The minimum Gasteiger partial charge on any atom is -0.423 e. The number of aromatic nitrogens is 3. The third-order valence-corrected chi connectivity index (χ3v) is 7.31. The van der Waals surface area contributed by atoms with Crippen LogP contribution in [0.1, 0.15) is 67.8 Å². The van der Waals surface area contributed by atoms with E-state index in [1.165, 1.54) is 25.7 Å². The van der Waals surface area contributed by atoms with Crippen molar-refractivity contribution >= 4 is 28.3 Å². The highest BCUT2D eigenvalue weighted by atomic mass is 35.5. The summed E-state index contributed by atoms with van der Waals surface area (Å²) in [5.41, 5.74) is 8.61. The summed E-state index contributed by atoms with van der Waals surface area (Å²) < 4.78 is 6.02. The van der Waals surface area contributed by atoms with Gasteiger partial charge in [-0.3, -0.25) is 9.98 Å². The zero-order chi connectivity index (χ0) is 21.0. The molecule has 3 N–H and O–H groups in total. The van der Waals surface area contributed by atoms with Gasteiger partial charge in [-0.15, -0.1) is 10.2 Å². The molecular formula is C23H25ClN6O. The van der Waals surface area contributed by atoms with E-state index in [4.69, 9.17) is 26.7 Å². The smallest absolute Gasteiger partial charge is 0.233 e. The Morgan fingerprint density at radius 2 is 2.00 bits per heavy atom. The number of fused-ring (bicyclic) bond motifs is 1. The number of nitrogens with zero attached hydrogens (tertiary/aromatic N) is 4. The van der Waals surface area contributed by atoms with Gasteiger partial charge in [0.2, 0.25) is 11.8 Å². The van der Waals surface area contributed by atoms with Gasteiger partial charge in [-0.05, 0) is 62.1 Å². The molecule has 0 bridgehead atoms. The minimum absolute atomic E-state index is 0.0935. The number of nitrogens with one attached hydrogen (secondary N) is 1. The summed E-state index contributed by atoms with van der Waals surface area (Å²) >= 11 is 6.04. The van der Waals surface area contributed by atoms with Gasteiger partial charge in [0.05, 0.1) is 17.6 Å². The number of pyridine rings is 1. The second-order valence-corrected chi connectivity index (χ2v) is 9.79. The number of hydrogen-bond acceptors (Lipinski definition) is 6. The molecular weight excluding hydrogens is 412 g/mol. The van der Waals surface area contributed by atoms with Crippen LogP contribution in [0.4, 0.5) is 0 Å². The molecule has 1 unspecified atom stereocenters. The van der Waals surface area contributed by atoms with Gasteiger partial charge in [0.1, 0.15) is 5.84 Å². The Labute approximate surface area is 185 Å². The van der Waals surface area contributed by atoms with Gasteiger partial charge in [-0.2, -0.15) is 0 Å². The van der Waals surface area contributed by atoms with Gasteiger partial charge >= 0.3 is 0 Å². The van der Waals surface area contributed by atoms with Crippen LogP contribution in [-0.2, 0) is 0 Å². The molecule has 0 amide bonds. The summed E-state index contributed by atoms with van der Waals surface area (Å²) in [4.78, 5) is 9.20. The normalized spacial score (nSPS) is 25.6. The maximum atomic E-state index is 6.29. The molecule has 7 nitrogen and oxygen atoms in total. The molecule has 2 saturated carbocycles. The molecule has 0 radical (unpaired) electrons. The van der Waals surface area contributed by atoms with E-state index in [0.717, 1.165) is 41.7 Å². The molecule has 160 valence electrons. The monoisotopic (exact) mass is 436 g/mol. The van der Waals surface area contributed by atoms with Crippen LogP contribution in [0.25, 0.3) is 10.9 Å². The number of rotatable bonds is 4. The number of piperidine rings is 1. The minimum atomic E-state index is 0.0935. The molecule has 8 heteroatoms. The Hall–Kier alpha value is -2.51. The first-order chi connectivity index (χ1) is 15.1. The third-order valence-electron chi connectivity index (χ3n) is 7.07. The van der Waals surface area contributed by atoms with Crippen molar-refractivity contribution in [2.24, 2.45) is 16.1 Å². The molecule has 1 aliphatic heterocycles. The molecule has 31 heavy (non-hydrogen) atoms. The van der Waals surface area contributed by atoms with Crippen LogP contribution in [0.3, 0.4) is 0 Å². The number of amidine groups is 1. The van der Waals surface area contributed by atoms with E-state index >= 15 is 0 Å². The van der Waals surface area contributed by atoms with E-state index in [-0.39, 0.29) is 12.1 Å². The standard InChI is InChI=1S/C23H25ClN6O/c24-16-2-1-13-7-14(11-26-19(13)8-16)20(25)28-17-3-4-18(27-12-17)22-30-29-21(31-22)15-9-23(10-15)5-6-23/h1-2,7-8,11,15,17-18,27H,3-6,9-10,12H2,(H2,25,28)/t17?,18-/m0/s1. The molecule has 3 heterocycles. The first-order valence-electron chi connectivity index (χ1n) is 11.0. The topological polar surface area (TPSA) is 102 Å². The van der Waals surface area contributed by atoms with E-state index < -0.39 is 0 Å². The molecule has 2 atom stereocenters. The maximum Gasteiger partial charge on any atom is 0.233 e. The fourth-order valence-electron chi connectivity index (χ4n) is 4.97. The lowest BCUT2D eigenvalue weighted by Crippen LogP contribution is -2.36. The van der Waals surface area contributed by atoms with E-state index in [1.54, 1.807) is 6.20 Å². The summed E-state index contributed by atoms with van der Waals surface area (Å²) in [6, 6.07) is 7.85. The van der Waals surface area contributed by atoms with E-state index in [2.05, 4.69) is 20.5 Å². The van der Waals surface area contributed by atoms with Crippen LogP contribution in [0, 0.1) is 5.41 Å². The van der Waals surface area contributed by atoms with Gasteiger partial charge in [0.25, 0.3) is 0 Å². The van der Waals surface area contributed by atoms with Crippen LogP contribution < -0.4 is 11.1 Å². The highest BCUT2D eigenvalue weighted by Crippen LogP contribution is 2.66. The molecule has 6 rings (SSSR count). The lowest BCUT2D eigenvalue weighted by atomic mass is 9.72. The molecule has 1 saturated heterocycles. The van der Waals surface area contributed by atoms with Gasteiger partial charge in [0, 0.05) is 34.6 Å². The third kappa shape index (κ3) is 3.70. The van der Waals surface area contributed by atoms with Crippen molar-refractivity contribution in [1.82, 2.24) is 20.5 Å². The van der Waals surface area contributed by atoms with Crippen LogP contribution in [-0.4, -0.2) is 33.6 Å². The van der Waals surface area contributed by atoms with Crippen molar-refractivity contribution in [3.63, 3.8) is 0 Å². The van der Waals surface area contributed by atoms with Crippen molar-refractivity contribution in [2.45, 2.75) is 56.5 Å². The fraction of sp³-hybridized carbons (Fsp3) is 0.478. The number of nitrogens with two attached hydrogens (primary N) is 1. The van der Waals surface area contributed by atoms with Crippen molar-refractivity contribution in [3.05, 3.63) is 52.8 Å². The van der Waals surface area contributed by atoms with Gasteiger partial charge in [0.15, 0.2) is 0 Å². The lowest BCUT2D eigenvalue weighted by Gasteiger charge is -2.33. The number of benzene rings is 1. The molecule has 2 aromatic heterocycles. The summed E-state index contributed by atoms with van der Waals surface area (Å²) in [7, 11) is 0. The summed E-state index contributed by atoms with van der Waals surface area (Å²) in [6.45, 7) is 0.728. The predicted molar refractivity (Wildman–Crippen MR) is 119 cm³/mol. The molecule has 3 aromatic rings. The summed E-state index contributed by atoms with van der Waals surface area (Å²) in [6.07, 6.45) is 8.76. The maximum absolute atomic E-state index is 6.29. The SMILES string of the molecule is NC(=NC1CC[C@@H](c2nnc(C3CC4(CC4)C3)o2)NC1)c1cnc2cc(Cl)ccc2c1. The van der Waals surface area contributed by atoms with Crippen molar-refractivity contribution in [2.75, 3.05) is 6.54 Å². The van der Waals surface area contributed by atoms with Crippen molar-refractivity contribution in [3.8, 4) is 0 Å². The second-order valence-electron chi connectivity index (χ2n) is 9.35. The quantitative estimate of drug-likeness (QED) is 0.471. The van der Waals surface area contributed by atoms with E-state index in [0.29, 0.717) is 28.1 Å². The Morgan fingerprint density at radius 1 is 1.16 bits per heavy atom. The zero-order valence-electron chi connectivity index (χ0n) is 17.2. The molecule has 3 aliphatic rings. The predicted octanol–water partition coefficient (Wildman–Crippen LogP) is 4.13. The molecule has 1 aromatic carbocycles. The average Bonchev–Trinajstić information content (AvgIpc) is 3.42. The Morgan fingerprint density at radius 3 is 2.77 bits per heavy atom. The van der Waals surface area contributed by atoms with Gasteiger partial charge < -0.3 is 15.5 Å². The van der Waals surface area contributed by atoms with Crippen molar-refractivity contribution in [1.29, 1.82) is 0 Å². The van der Waals surface area contributed by atoms with Gasteiger partial charge in [-0.1, -0.05) is 17.7 Å². The molecule has 3 fully saturated rings. The van der Waals surface area contributed by atoms with Crippen LogP contribution >= 0.6 is 11.6 Å². The summed E-state index contributed by atoms with van der Waals surface area (Å²) in [5.74, 6) is 2.51. The summed E-state index contributed by atoms with van der Waals surface area (Å²) in [5, 5.41) is 13.8. The fourth-order valence-corrected chi connectivity index (χ4v) is 5.13. The highest BCUT2D eigenvalue weighted by Gasteiger charge is 2.54. The van der Waals surface area contributed by atoms with E-state index in [1.807, 2.05) is 24.3 Å². The Kier molecular flexibility index (Phi) is 4.51. The van der Waals surface area contributed by atoms with Crippen molar-refractivity contribution < 1.29 is 4.42 Å². The van der Waals surface area contributed by atoms with Crippen LogP contribution in [0.2, 0.25) is 5.02 Å². The first-order valence-corrected chi connectivity index (χ1v) is 11.4. The van der Waals surface area contributed by atoms with Gasteiger partial charge in [-0.25, -0.2) is 0 Å². The zero-order valence-corrected chi connectivity index (χ0v) is 18.0. The van der Waals surface area contributed by atoms with Crippen LogP contribution in [0.15, 0.2) is 39.9 Å². The number of halogens is 1. The number of aliphatic imine (C=N–C) groups is 1. The number of hydrogen-bond donors (Lipinski definition) is 2. The second kappa shape index (κ2) is 7.28. The van der Waals surface area contributed by atoms with Crippen LogP contribution in [0.5, 0.6) is 0 Å². The largest absolute Gasteiger partial charge is 0.423 e. The average molecular weight is 437 g/mol.